The lowest BCUT2D eigenvalue weighted by Crippen LogP contribution is -2.46. The lowest BCUT2D eigenvalue weighted by atomic mass is 9.98. The lowest BCUT2D eigenvalue weighted by Gasteiger charge is -2.35. The van der Waals surface area contributed by atoms with E-state index in [4.69, 9.17) is 5.26 Å². The number of piperidine rings is 1. The molecule has 0 aliphatic carbocycles. The van der Waals surface area contributed by atoms with E-state index in [2.05, 4.69) is 27.6 Å². The summed E-state index contributed by atoms with van der Waals surface area (Å²) < 4.78 is 0. The van der Waals surface area contributed by atoms with Gasteiger partial charge >= 0.3 is 0 Å². The van der Waals surface area contributed by atoms with Crippen LogP contribution in [0.2, 0.25) is 0 Å². The molecular weight excluding hydrogens is 274 g/mol. The van der Waals surface area contributed by atoms with Gasteiger partial charge in [-0.05, 0) is 31.4 Å². The number of hydrogen-bond acceptors (Lipinski definition) is 5. The third kappa shape index (κ3) is 2.81. The van der Waals surface area contributed by atoms with Gasteiger partial charge < -0.3 is 0 Å². The molecule has 0 aromatic heterocycles. The third-order valence-electron chi connectivity index (χ3n) is 4.60. The Morgan fingerprint density at radius 2 is 2.09 bits per heavy atom. The van der Waals surface area contributed by atoms with Crippen molar-refractivity contribution in [3.63, 3.8) is 0 Å². The van der Waals surface area contributed by atoms with Gasteiger partial charge in [0.1, 0.15) is 0 Å². The minimum atomic E-state index is 0.0631. The van der Waals surface area contributed by atoms with Gasteiger partial charge in [0, 0.05) is 19.0 Å². The maximum Gasteiger partial charge on any atom is 0.0673 e. The Hall–Kier alpha value is -2.37. The summed E-state index contributed by atoms with van der Waals surface area (Å²) in [6, 6.07) is 15.0. The van der Waals surface area contributed by atoms with Crippen LogP contribution in [0.25, 0.3) is 0 Å². The molecule has 3 atom stereocenters. The fraction of sp³-hybridized carbons (Fsp3) is 0.471. The van der Waals surface area contributed by atoms with Crippen LogP contribution in [-0.2, 0) is 0 Å². The van der Waals surface area contributed by atoms with Crippen LogP contribution >= 0.6 is 0 Å². The minimum absolute atomic E-state index is 0.0631. The molecule has 0 spiro atoms. The molecule has 3 rings (SSSR count). The smallest absolute Gasteiger partial charge is 0.0673 e. The topological polar surface area (TPSA) is 75.2 Å². The summed E-state index contributed by atoms with van der Waals surface area (Å²) in [5, 5.41) is 22.8. The highest BCUT2D eigenvalue weighted by molar-refractivity contribution is 5.91. The molecule has 1 aromatic carbocycles. The quantitative estimate of drug-likeness (QED) is 0.866. The number of para-hydroxylation sites is 1. The number of fused-ring (bicyclic) bond motifs is 2. The van der Waals surface area contributed by atoms with Gasteiger partial charge in [0.15, 0.2) is 0 Å². The first-order chi connectivity index (χ1) is 10.8. The summed E-state index contributed by atoms with van der Waals surface area (Å²) in [5.74, 6) is 0.0631. The molecule has 0 radical (unpaired) electrons. The fourth-order valence-electron chi connectivity index (χ4n) is 3.57. The molecule has 5 nitrogen and oxygen atoms in total. The van der Waals surface area contributed by atoms with Gasteiger partial charge in [-0.1, -0.05) is 18.2 Å². The second-order valence-corrected chi connectivity index (χ2v) is 5.82. The Morgan fingerprint density at radius 1 is 1.27 bits per heavy atom. The first kappa shape index (κ1) is 14.6. The first-order valence-corrected chi connectivity index (χ1v) is 7.73. The maximum atomic E-state index is 9.35. The average Bonchev–Trinajstić information content (AvgIpc) is 2.81. The van der Waals surface area contributed by atoms with Gasteiger partial charge in [-0.25, -0.2) is 0 Å². The van der Waals surface area contributed by atoms with Crippen molar-refractivity contribution in [1.29, 1.82) is 10.5 Å². The van der Waals surface area contributed by atoms with Gasteiger partial charge in [-0.15, -0.1) is 0 Å². The highest BCUT2D eigenvalue weighted by atomic mass is 15.3. The van der Waals surface area contributed by atoms with E-state index in [9.17, 15) is 5.26 Å². The highest BCUT2D eigenvalue weighted by Crippen LogP contribution is 2.38. The Labute approximate surface area is 130 Å². The van der Waals surface area contributed by atoms with Crippen molar-refractivity contribution < 1.29 is 0 Å². The monoisotopic (exact) mass is 293 g/mol. The number of nitriles is 2. The van der Waals surface area contributed by atoms with Gasteiger partial charge in [0.25, 0.3) is 0 Å². The Morgan fingerprint density at radius 3 is 2.82 bits per heavy atom. The molecule has 2 bridgehead atoms. The maximum absolute atomic E-state index is 9.35. The number of hydrazone groups is 1. The van der Waals surface area contributed by atoms with Crippen molar-refractivity contribution in [3.05, 3.63) is 30.3 Å². The van der Waals surface area contributed by atoms with E-state index in [1.54, 1.807) is 0 Å². The zero-order valence-corrected chi connectivity index (χ0v) is 12.4. The van der Waals surface area contributed by atoms with E-state index in [1.165, 1.54) is 0 Å². The van der Waals surface area contributed by atoms with E-state index in [0.717, 1.165) is 37.2 Å². The van der Waals surface area contributed by atoms with Crippen LogP contribution in [0, 0.1) is 28.6 Å². The Kier molecular flexibility index (Phi) is 4.37. The van der Waals surface area contributed by atoms with Crippen LogP contribution in [0.3, 0.4) is 0 Å². The van der Waals surface area contributed by atoms with Gasteiger partial charge in [0.05, 0.1) is 35.5 Å². The Balaban J connectivity index is 1.76. The third-order valence-corrected chi connectivity index (χ3v) is 4.60. The molecule has 1 aromatic rings. The molecule has 2 heterocycles. The van der Waals surface area contributed by atoms with Crippen LogP contribution < -0.4 is 5.43 Å². The van der Waals surface area contributed by atoms with Gasteiger partial charge in [-0.2, -0.15) is 15.6 Å². The van der Waals surface area contributed by atoms with Crippen molar-refractivity contribution >= 4 is 11.4 Å². The van der Waals surface area contributed by atoms with Gasteiger partial charge in [0.2, 0.25) is 0 Å². The van der Waals surface area contributed by atoms with E-state index < -0.39 is 0 Å². The number of nitrogens with one attached hydrogen (secondary N) is 1. The van der Waals surface area contributed by atoms with Crippen LogP contribution in [0.15, 0.2) is 35.4 Å². The zero-order chi connectivity index (χ0) is 15.4. The van der Waals surface area contributed by atoms with Crippen molar-refractivity contribution in [3.8, 4) is 12.1 Å². The van der Waals surface area contributed by atoms with E-state index in [1.807, 2.05) is 30.3 Å². The normalized spacial score (nSPS) is 29.0. The summed E-state index contributed by atoms with van der Waals surface area (Å²) in [6.07, 6.45) is 3.22. The molecule has 1 N–H and O–H groups in total. The van der Waals surface area contributed by atoms with Crippen molar-refractivity contribution in [2.75, 3.05) is 12.0 Å². The Bertz CT molecular complexity index is 625. The largest absolute Gasteiger partial charge is 0.290 e. The predicted octanol–water partition coefficient (Wildman–Crippen LogP) is 2.74. The molecule has 2 saturated heterocycles. The average molecular weight is 293 g/mol. The highest BCUT2D eigenvalue weighted by Gasteiger charge is 2.46. The molecular formula is C17H19N5. The van der Waals surface area contributed by atoms with Crippen LogP contribution in [0.5, 0.6) is 0 Å². The molecule has 22 heavy (non-hydrogen) atoms. The molecule has 2 aliphatic rings. The number of hydrogen-bond donors (Lipinski definition) is 1. The fourth-order valence-corrected chi connectivity index (χ4v) is 3.57. The van der Waals surface area contributed by atoms with E-state index in [0.29, 0.717) is 12.5 Å². The molecule has 112 valence electrons. The van der Waals surface area contributed by atoms with Gasteiger partial charge in [-0.3, -0.25) is 10.3 Å². The second-order valence-electron chi connectivity index (χ2n) is 5.82. The number of benzene rings is 1. The summed E-state index contributed by atoms with van der Waals surface area (Å²) >= 11 is 0. The van der Waals surface area contributed by atoms with Crippen molar-refractivity contribution in [1.82, 2.24) is 4.90 Å². The minimum Gasteiger partial charge on any atom is -0.290 e. The van der Waals surface area contributed by atoms with Crippen LogP contribution in [-0.4, -0.2) is 29.2 Å². The number of nitrogens with zero attached hydrogens (tertiary/aromatic N) is 4. The predicted molar refractivity (Wildman–Crippen MR) is 85.0 cm³/mol. The molecule has 2 unspecified atom stereocenters. The molecule has 5 heteroatoms. The second kappa shape index (κ2) is 6.60. The number of rotatable bonds is 4. The molecule has 2 fully saturated rings. The van der Waals surface area contributed by atoms with Crippen LogP contribution in [0.1, 0.15) is 25.7 Å². The first-order valence-electron chi connectivity index (χ1n) is 7.73. The zero-order valence-electron chi connectivity index (χ0n) is 12.4. The number of anilines is 1. The standard InChI is InChI=1S/C17H19N5/c18-9-4-10-22-16-8-7-15(17(22)11-13(16)12-19)21-20-14-5-2-1-3-6-14/h1-3,5-6,13,16-17,20H,4,7-8,10-11H2/b21-15+/t13-,16?,17?/m1/s1. The summed E-state index contributed by atoms with van der Waals surface area (Å²) in [5.41, 5.74) is 5.20. The van der Waals surface area contributed by atoms with Crippen molar-refractivity contribution in [2.45, 2.75) is 37.8 Å². The van der Waals surface area contributed by atoms with Crippen LogP contribution in [0.4, 0.5) is 5.69 Å². The summed E-state index contributed by atoms with van der Waals surface area (Å²) in [7, 11) is 0. The van der Waals surface area contributed by atoms with Crippen molar-refractivity contribution in [2.24, 2.45) is 11.0 Å². The lowest BCUT2D eigenvalue weighted by molar-refractivity contribution is 0.197. The summed E-state index contributed by atoms with van der Waals surface area (Å²) in [4.78, 5) is 2.31. The SMILES string of the molecule is N#CCCN1C2C[C@H](C#N)C1CC/C2=N\Nc1ccccc1. The molecule has 0 amide bonds. The molecule has 2 aliphatic heterocycles. The summed E-state index contributed by atoms with van der Waals surface area (Å²) in [6.45, 7) is 0.731. The molecule has 0 saturated carbocycles. The van der Waals surface area contributed by atoms with E-state index >= 15 is 0 Å². The van der Waals surface area contributed by atoms with E-state index in [-0.39, 0.29) is 12.0 Å².